The first-order valence-corrected chi connectivity index (χ1v) is 8.75. The topological polar surface area (TPSA) is 55.2 Å². The number of para-hydroxylation sites is 1. The van der Waals surface area contributed by atoms with E-state index in [9.17, 15) is 0 Å². The summed E-state index contributed by atoms with van der Waals surface area (Å²) in [5.74, 6) is 1.78. The number of morpholine rings is 1. The Labute approximate surface area is 155 Å². The number of aromatic nitrogens is 3. The molecule has 0 aliphatic carbocycles. The molecule has 0 saturated carbocycles. The summed E-state index contributed by atoms with van der Waals surface area (Å²) in [6, 6.07) is 6.66. The zero-order chi connectivity index (χ0) is 16.5. The van der Waals surface area contributed by atoms with Gasteiger partial charge in [0.15, 0.2) is 0 Å². The molecule has 136 valence electrons. The lowest BCUT2D eigenvalue weighted by Crippen LogP contribution is -2.44. The predicted molar refractivity (Wildman–Crippen MR) is 100 cm³/mol. The van der Waals surface area contributed by atoms with Gasteiger partial charge in [-0.25, -0.2) is 9.67 Å². The molecule has 1 atom stereocenters. The van der Waals surface area contributed by atoms with E-state index in [-0.39, 0.29) is 18.5 Å². The molecule has 0 amide bonds. The highest BCUT2D eigenvalue weighted by Crippen LogP contribution is 2.27. The zero-order valence-electron chi connectivity index (χ0n) is 14.9. The number of hydrogen-bond donors (Lipinski definition) is 1. The highest BCUT2D eigenvalue weighted by atomic mass is 35.5. The molecule has 7 heteroatoms. The lowest BCUT2D eigenvalue weighted by molar-refractivity contribution is -0.0404. The van der Waals surface area contributed by atoms with Crippen LogP contribution in [0.2, 0.25) is 0 Å². The van der Waals surface area contributed by atoms with Gasteiger partial charge < -0.3 is 10.1 Å². The van der Waals surface area contributed by atoms with Crippen molar-refractivity contribution >= 4 is 18.1 Å². The van der Waals surface area contributed by atoms with Crippen LogP contribution in [0.15, 0.2) is 18.2 Å². The lowest BCUT2D eigenvalue weighted by atomic mass is 10.1. The first-order chi connectivity index (χ1) is 11.7. The third-order valence-corrected chi connectivity index (χ3v) is 4.89. The smallest absolute Gasteiger partial charge is 0.147 e. The molecule has 1 unspecified atom stereocenters. The minimum atomic E-state index is 0. The molecule has 0 bridgehead atoms. The van der Waals surface area contributed by atoms with Gasteiger partial charge in [0.2, 0.25) is 0 Å². The van der Waals surface area contributed by atoms with Crippen molar-refractivity contribution in [3.05, 3.63) is 41.0 Å². The van der Waals surface area contributed by atoms with E-state index in [0.29, 0.717) is 0 Å². The van der Waals surface area contributed by atoms with Crippen LogP contribution in [0.3, 0.4) is 0 Å². The van der Waals surface area contributed by atoms with Crippen LogP contribution in [-0.4, -0.2) is 52.0 Å². The number of benzene rings is 1. The molecule has 1 N–H and O–H groups in total. The number of halogens is 1. The summed E-state index contributed by atoms with van der Waals surface area (Å²) in [5, 5.41) is 8.00. The second-order valence-corrected chi connectivity index (χ2v) is 6.74. The molecule has 1 aromatic heterocycles. The van der Waals surface area contributed by atoms with Crippen molar-refractivity contribution in [2.75, 3.05) is 31.6 Å². The quantitative estimate of drug-likeness (QED) is 0.902. The number of nitrogens with zero attached hydrogens (tertiary/aromatic N) is 4. The number of ether oxygens (including phenoxy) is 1. The molecule has 1 aromatic carbocycles. The third-order valence-electron chi connectivity index (χ3n) is 4.89. The average molecular weight is 364 g/mol. The molecule has 25 heavy (non-hydrogen) atoms. The average Bonchev–Trinajstić information content (AvgIpc) is 3.15. The number of hydrogen-bond acceptors (Lipinski definition) is 5. The van der Waals surface area contributed by atoms with Gasteiger partial charge in [0.25, 0.3) is 0 Å². The van der Waals surface area contributed by atoms with Crippen molar-refractivity contribution in [2.45, 2.75) is 39.5 Å². The Hall–Kier alpha value is -1.63. The maximum atomic E-state index is 5.96. The van der Waals surface area contributed by atoms with Crippen LogP contribution < -0.4 is 5.32 Å². The standard InChI is InChI=1S/C18H25N5O.ClH/c1-13-20-14(2)23(21-13)12-17-11-22(8-9-24-17)10-16-5-3-4-15-6-7-19-18(15)16;/h3-5,17,19H,6-12H2,1-2H3;1H. The fourth-order valence-electron chi connectivity index (χ4n) is 3.75. The van der Waals surface area contributed by atoms with E-state index in [2.05, 4.69) is 38.5 Å². The second kappa shape index (κ2) is 7.72. The van der Waals surface area contributed by atoms with E-state index < -0.39 is 0 Å². The number of nitrogens with one attached hydrogen (secondary N) is 1. The van der Waals surface area contributed by atoms with E-state index >= 15 is 0 Å². The summed E-state index contributed by atoms with van der Waals surface area (Å²) >= 11 is 0. The summed E-state index contributed by atoms with van der Waals surface area (Å²) in [6.07, 6.45) is 1.31. The van der Waals surface area contributed by atoms with Crippen LogP contribution in [0, 0.1) is 13.8 Å². The Balaban J connectivity index is 0.00000182. The van der Waals surface area contributed by atoms with Crippen molar-refractivity contribution in [3.8, 4) is 0 Å². The number of aryl methyl sites for hydroxylation is 2. The molecule has 2 aliphatic rings. The van der Waals surface area contributed by atoms with Crippen molar-refractivity contribution in [1.29, 1.82) is 0 Å². The minimum Gasteiger partial charge on any atom is -0.384 e. The Bertz CT molecular complexity index is 732. The molecule has 2 aliphatic heterocycles. The second-order valence-electron chi connectivity index (χ2n) is 6.74. The lowest BCUT2D eigenvalue weighted by Gasteiger charge is -2.33. The number of fused-ring (bicyclic) bond motifs is 1. The van der Waals surface area contributed by atoms with Gasteiger partial charge in [0.05, 0.1) is 19.3 Å². The third kappa shape index (κ3) is 3.97. The van der Waals surface area contributed by atoms with Gasteiger partial charge in [-0.05, 0) is 31.4 Å². The first-order valence-electron chi connectivity index (χ1n) is 8.75. The Morgan fingerprint density at radius 3 is 3.00 bits per heavy atom. The molecule has 6 nitrogen and oxygen atoms in total. The van der Waals surface area contributed by atoms with Gasteiger partial charge >= 0.3 is 0 Å². The van der Waals surface area contributed by atoms with Crippen LogP contribution in [-0.2, 0) is 24.2 Å². The monoisotopic (exact) mass is 363 g/mol. The molecule has 0 radical (unpaired) electrons. The summed E-state index contributed by atoms with van der Waals surface area (Å²) in [5.41, 5.74) is 4.20. The van der Waals surface area contributed by atoms with E-state index in [1.807, 2.05) is 18.5 Å². The molecule has 0 spiro atoms. The fraction of sp³-hybridized carbons (Fsp3) is 0.556. The first kappa shape index (κ1) is 18.2. The van der Waals surface area contributed by atoms with E-state index in [4.69, 9.17) is 4.74 Å². The molecule has 2 aromatic rings. The fourth-order valence-corrected chi connectivity index (χ4v) is 3.75. The Morgan fingerprint density at radius 1 is 1.32 bits per heavy atom. The maximum absolute atomic E-state index is 5.96. The van der Waals surface area contributed by atoms with Crippen LogP contribution in [0.25, 0.3) is 0 Å². The Kier molecular flexibility index (Phi) is 5.61. The molecular formula is C18H26ClN5O. The molecule has 3 heterocycles. The van der Waals surface area contributed by atoms with E-state index in [1.54, 1.807) is 0 Å². The number of anilines is 1. The predicted octanol–water partition coefficient (Wildman–Crippen LogP) is 2.19. The van der Waals surface area contributed by atoms with Crippen molar-refractivity contribution < 1.29 is 4.74 Å². The van der Waals surface area contributed by atoms with Gasteiger partial charge in [-0.15, -0.1) is 12.4 Å². The molecule has 4 rings (SSSR count). The maximum Gasteiger partial charge on any atom is 0.147 e. The summed E-state index contributed by atoms with van der Waals surface area (Å²) in [6.45, 7) is 9.43. The van der Waals surface area contributed by atoms with Crippen LogP contribution >= 0.6 is 12.4 Å². The summed E-state index contributed by atoms with van der Waals surface area (Å²) in [7, 11) is 0. The van der Waals surface area contributed by atoms with Crippen LogP contribution in [0.5, 0.6) is 0 Å². The highest BCUT2D eigenvalue weighted by Gasteiger charge is 2.23. The summed E-state index contributed by atoms with van der Waals surface area (Å²) < 4.78 is 7.92. The minimum absolute atomic E-state index is 0. The van der Waals surface area contributed by atoms with Gasteiger partial charge in [0.1, 0.15) is 11.6 Å². The van der Waals surface area contributed by atoms with Crippen molar-refractivity contribution in [2.24, 2.45) is 0 Å². The van der Waals surface area contributed by atoms with Crippen molar-refractivity contribution in [3.63, 3.8) is 0 Å². The zero-order valence-corrected chi connectivity index (χ0v) is 15.7. The molecular weight excluding hydrogens is 338 g/mol. The SMILES string of the molecule is Cc1nc(C)n(CC2CN(Cc3cccc4c3NCC4)CCO2)n1.Cl. The van der Waals surface area contributed by atoms with E-state index in [0.717, 1.165) is 57.4 Å². The van der Waals surface area contributed by atoms with Gasteiger partial charge in [-0.3, -0.25) is 4.90 Å². The van der Waals surface area contributed by atoms with E-state index in [1.165, 1.54) is 16.8 Å². The molecule has 1 saturated heterocycles. The van der Waals surface area contributed by atoms with Crippen LogP contribution in [0.4, 0.5) is 5.69 Å². The highest BCUT2D eigenvalue weighted by molar-refractivity contribution is 5.85. The number of rotatable bonds is 4. The van der Waals surface area contributed by atoms with Crippen molar-refractivity contribution in [1.82, 2.24) is 19.7 Å². The van der Waals surface area contributed by atoms with Crippen LogP contribution in [0.1, 0.15) is 22.8 Å². The normalized spacial score (nSPS) is 20.0. The largest absolute Gasteiger partial charge is 0.384 e. The van der Waals surface area contributed by atoms with Gasteiger partial charge in [-0.1, -0.05) is 18.2 Å². The summed E-state index contributed by atoms with van der Waals surface area (Å²) in [4.78, 5) is 6.87. The van der Waals surface area contributed by atoms with Gasteiger partial charge in [-0.2, -0.15) is 5.10 Å². The molecule has 1 fully saturated rings. The van der Waals surface area contributed by atoms with Gasteiger partial charge in [0, 0.05) is 31.9 Å². The Morgan fingerprint density at radius 2 is 2.20 bits per heavy atom.